The minimum absolute atomic E-state index is 0.0246. The number of benzene rings is 1. The zero-order chi connectivity index (χ0) is 26.4. The normalized spacial score (nSPS) is 15.6. The number of nitrogen functional groups attached to an aromatic ring is 1. The lowest BCUT2D eigenvalue weighted by molar-refractivity contribution is -0.136. The number of fused-ring (bicyclic) bond motifs is 1. The zero-order valence-corrected chi connectivity index (χ0v) is 21.2. The maximum Gasteiger partial charge on any atom is 0.328 e. The van der Waals surface area contributed by atoms with Crippen LogP contribution in [-0.2, 0) is 16.0 Å². The number of piperidine rings is 1. The number of nitrogens with one attached hydrogen (secondary N) is 1. The van der Waals surface area contributed by atoms with Crippen molar-refractivity contribution in [2.75, 3.05) is 52.3 Å². The minimum atomic E-state index is -0.865. The Hall–Kier alpha value is -3.64. The van der Waals surface area contributed by atoms with Gasteiger partial charge in [-0.25, -0.2) is 4.79 Å². The summed E-state index contributed by atoms with van der Waals surface area (Å²) in [6, 6.07) is 7.22. The number of aliphatic carboxylic acids is 1. The van der Waals surface area contributed by atoms with E-state index in [0.29, 0.717) is 35.7 Å². The van der Waals surface area contributed by atoms with Crippen LogP contribution < -0.4 is 20.9 Å². The number of anilines is 1. The number of carboxylic acid groups (broad SMARTS) is 1. The number of methoxy groups -OCH3 is 1. The first-order chi connectivity index (χ1) is 17.9. The number of likely N-dealkylation sites (tertiary alicyclic amines) is 1. The second-order valence-electron chi connectivity index (χ2n) is 9.22. The Labute approximate surface area is 214 Å². The molecule has 1 saturated heterocycles. The SMILES string of the molecule is COCCOc1nc(N)c2[nH]c(=O)n(C(C)C3CCN(CCOc4cccc(CC(=O)O)c4)CC3)c2n1. The summed E-state index contributed by atoms with van der Waals surface area (Å²) in [6.45, 7) is 5.75. The van der Waals surface area contributed by atoms with Gasteiger partial charge in [0.05, 0.1) is 13.0 Å². The van der Waals surface area contributed by atoms with Gasteiger partial charge in [-0.1, -0.05) is 12.1 Å². The molecular weight excluding hydrogens is 480 g/mol. The largest absolute Gasteiger partial charge is 0.492 e. The Bertz CT molecular complexity index is 1270. The number of carboxylic acids is 1. The summed E-state index contributed by atoms with van der Waals surface area (Å²) in [6.07, 6.45) is 1.82. The molecule has 1 fully saturated rings. The highest BCUT2D eigenvalue weighted by Crippen LogP contribution is 2.30. The maximum absolute atomic E-state index is 12.8. The second-order valence-corrected chi connectivity index (χ2v) is 9.22. The van der Waals surface area contributed by atoms with Crippen LogP contribution >= 0.6 is 0 Å². The number of hydrogen-bond donors (Lipinski definition) is 3. The lowest BCUT2D eigenvalue weighted by Gasteiger charge is -2.35. The first kappa shape index (κ1) is 26.4. The standard InChI is InChI=1S/C25H34N6O6/c1-16(31-23-21(27-25(31)34)22(26)28-24(29-23)37-13-12-35-2)18-6-8-30(9-7-18)10-11-36-19-5-3-4-17(14-19)15-20(32)33/h3-5,14,16,18H,6-13,15H2,1-2H3,(H,27,34)(H,32,33)(H2,26,28,29). The first-order valence-corrected chi connectivity index (χ1v) is 12.4. The van der Waals surface area contributed by atoms with Gasteiger partial charge in [-0.15, -0.1) is 0 Å². The predicted octanol–water partition coefficient (Wildman–Crippen LogP) is 1.71. The van der Waals surface area contributed by atoms with Crippen LogP contribution in [0.4, 0.5) is 5.82 Å². The summed E-state index contributed by atoms with van der Waals surface area (Å²) in [7, 11) is 1.58. The molecule has 3 aromatic rings. The van der Waals surface area contributed by atoms with E-state index in [1.165, 1.54) is 0 Å². The number of rotatable bonds is 12. The van der Waals surface area contributed by atoms with E-state index in [-0.39, 0.29) is 42.5 Å². The van der Waals surface area contributed by atoms with E-state index in [1.54, 1.807) is 29.9 Å². The van der Waals surface area contributed by atoms with Crippen molar-refractivity contribution < 1.29 is 24.1 Å². The fourth-order valence-corrected chi connectivity index (χ4v) is 4.74. The summed E-state index contributed by atoms with van der Waals surface area (Å²) in [5.74, 6) is 0.267. The van der Waals surface area contributed by atoms with E-state index in [1.807, 2.05) is 13.0 Å². The van der Waals surface area contributed by atoms with Gasteiger partial charge in [-0.05, 0) is 56.5 Å². The van der Waals surface area contributed by atoms with Crippen molar-refractivity contribution in [1.29, 1.82) is 0 Å². The van der Waals surface area contributed by atoms with E-state index in [0.717, 1.165) is 32.5 Å². The molecule has 0 spiro atoms. The molecule has 1 unspecified atom stereocenters. The lowest BCUT2D eigenvalue weighted by Crippen LogP contribution is -2.39. The topological polar surface area (TPSA) is 158 Å². The third-order valence-corrected chi connectivity index (χ3v) is 6.75. The molecule has 1 atom stereocenters. The zero-order valence-electron chi connectivity index (χ0n) is 21.2. The first-order valence-electron chi connectivity index (χ1n) is 12.4. The second kappa shape index (κ2) is 12.1. The highest BCUT2D eigenvalue weighted by atomic mass is 16.5. The van der Waals surface area contributed by atoms with Gasteiger partial charge in [0.2, 0.25) is 0 Å². The molecule has 12 heteroatoms. The van der Waals surface area contributed by atoms with Crippen LogP contribution in [0.25, 0.3) is 11.2 Å². The molecule has 4 rings (SSSR count). The van der Waals surface area contributed by atoms with E-state index < -0.39 is 5.97 Å². The summed E-state index contributed by atoms with van der Waals surface area (Å²) in [5.41, 5.74) is 7.38. The molecule has 0 radical (unpaired) electrons. The summed E-state index contributed by atoms with van der Waals surface area (Å²) in [4.78, 5) is 37.5. The number of hydrogen-bond acceptors (Lipinski definition) is 9. The summed E-state index contributed by atoms with van der Waals surface area (Å²) in [5, 5.41) is 8.97. The van der Waals surface area contributed by atoms with Crippen molar-refractivity contribution in [3.05, 3.63) is 40.3 Å². The van der Waals surface area contributed by atoms with Crippen LogP contribution in [0.1, 0.15) is 31.4 Å². The highest BCUT2D eigenvalue weighted by Gasteiger charge is 2.28. The van der Waals surface area contributed by atoms with Crippen molar-refractivity contribution in [3.63, 3.8) is 0 Å². The molecule has 1 aromatic carbocycles. The average Bonchev–Trinajstić information content (AvgIpc) is 3.20. The van der Waals surface area contributed by atoms with Crippen LogP contribution in [-0.4, -0.2) is 82.1 Å². The molecule has 0 aliphatic carbocycles. The Kier molecular flexibility index (Phi) is 8.62. The number of aromatic nitrogens is 4. The van der Waals surface area contributed by atoms with E-state index in [2.05, 4.69) is 19.9 Å². The molecule has 200 valence electrons. The van der Waals surface area contributed by atoms with E-state index in [4.69, 9.17) is 25.1 Å². The van der Waals surface area contributed by atoms with Gasteiger partial charge in [-0.2, -0.15) is 9.97 Å². The molecule has 2 aromatic heterocycles. The highest BCUT2D eigenvalue weighted by molar-refractivity contribution is 5.82. The fourth-order valence-electron chi connectivity index (χ4n) is 4.74. The smallest absolute Gasteiger partial charge is 0.328 e. The predicted molar refractivity (Wildman–Crippen MR) is 137 cm³/mol. The van der Waals surface area contributed by atoms with Crippen molar-refractivity contribution in [3.8, 4) is 11.8 Å². The number of imidazole rings is 1. The minimum Gasteiger partial charge on any atom is -0.492 e. The summed E-state index contributed by atoms with van der Waals surface area (Å²) < 4.78 is 18.0. The average molecular weight is 515 g/mol. The van der Waals surface area contributed by atoms with Gasteiger partial charge in [0, 0.05) is 19.7 Å². The van der Waals surface area contributed by atoms with E-state index in [9.17, 15) is 9.59 Å². The lowest BCUT2D eigenvalue weighted by atomic mass is 9.90. The quantitative estimate of drug-likeness (QED) is 0.304. The molecule has 1 aliphatic rings. The van der Waals surface area contributed by atoms with Gasteiger partial charge in [0.25, 0.3) is 0 Å². The van der Waals surface area contributed by atoms with Crippen LogP contribution in [0.3, 0.4) is 0 Å². The molecule has 0 amide bonds. The van der Waals surface area contributed by atoms with Gasteiger partial charge in [0.1, 0.15) is 24.5 Å². The third-order valence-electron chi connectivity index (χ3n) is 6.75. The Morgan fingerprint density at radius 3 is 2.73 bits per heavy atom. The molecule has 0 saturated carbocycles. The Morgan fingerprint density at radius 1 is 1.22 bits per heavy atom. The molecule has 4 N–H and O–H groups in total. The van der Waals surface area contributed by atoms with Gasteiger partial charge in [-0.3, -0.25) is 14.3 Å². The van der Waals surface area contributed by atoms with Crippen molar-refractivity contribution in [1.82, 2.24) is 24.4 Å². The Morgan fingerprint density at radius 2 is 2.00 bits per heavy atom. The number of carbonyl (C=O) groups is 1. The fraction of sp³-hybridized carbons (Fsp3) is 0.520. The molecule has 0 bridgehead atoms. The number of nitrogens with zero attached hydrogens (tertiary/aromatic N) is 4. The number of ether oxygens (including phenoxy) is 3. The maximum atomic E-state index is 12.8. The van der Waals surface area contributed by atoms with Crippen molar-refractivity contribution in [2.24, 2.45) is 5.92 Å². The Balaban J connectivity index is 1.33. The number of H-pyrrole nitrogens is 1. The van der Waals surface area contributed by atoms with Crippen LogP contribution in [0.5, 0.6) is 11.8 Å². The molecule has 12 nitrogen and oxygen atoms in total. The number of aromatic amines is 1. The molecular formula is C25H34N6O6. The van der Waals surface area contributed by atoms with Crippen LogP contribution in [0.2, 0.25) is 0 Å². The number of nitrogens with two attached hydrogens (primary N) is 1. The van der Waals surface area contributed by atoms with Crippen molar-refractivity contribution >= 4 is 23.0 Å². The van der Waals surface area contributed by atoms with Gasteiger partial charge < -0.3 is 30.0 Å². The monoisotopic (exact) mass is 514 g/mol. The van der Waals surface area contributed by atoms with E-state index >= 15 is 0 Å². The molecule has 1 aliphatic heterocycles. The molecule has 37 heavy (non-hydrogen) atoms. The van der Waals surface area contributed by atoms with Gasteiger partial charge >= 0.3 is 17.7 Å². The third kappa shape index (κ3) is 6.57. The van der Waals surface area contributed by atoms with Crippen LogP contribution in [0, 0.1) is 5.92 Å². The van der Waals surface area contributed by atoms with Crippen LogP contribution in [0.15, 0.2) is 29.1 Å². The van der Waals surface area contributed by atoms with Crippen molar-refractivity contribution in [2.45, 2.75) is 32.2 Å². The molecule has 3 heterocycles. The van der Waals surface area contributed by atoms with Gasteiger partial charge in [0.15, 0.2) is 11.5 Å². The summed E-state index contributed by atoms with van der Waals surface area (Å²) >= 11 is 0.